The summed E-state index contributed by atoms with van der Waals surface area (Å²) < 4.78 is 10.3. The minimum absolute atomic E-state index is 0.211. The Balaban J connectivity index is 1.93. The van der Waals surface area contributed by atoms with Crippen LogP contribution in [-0.2, 0) is 11.2 Å². The van der Waals surface area contributed by atoms with Gasteiger partial charge in [0.1, 0.15) is 17.4 Å². The minimum atomic E-state index is -0.211. The largest absolute Gasteiger partial charge is 0.491 e. The quantitative estimate of drug-likeness (QED) is 0.795. The molecule has 1 amide bonds. The van der Waals surface area contributed by atoms with E-state index >= 15 is 0 Å². The highest BCUT2D eigenvalue weighted by atomic mass is 32.1. The molecule has 1 aromatic carbocycles. The van der Waals surface area contributed by atoms with Gasteiger partial charge in [0.05, 0.1) is 6.61 Å². The normalized spacial score (nSPS) is 10.4. The van der Waals surface area contributed by atoms with Crippen LogP contribution >= 0.6 is 11.3 Å². The fraction of sp³-hybridized carbons (Fsp3) is 0.357. The molecule has 0 aliphatic carbocycles. The van der Waals surface area contributed by atoms with E-state index in [0.717, 1.165) is 11.4 Å². The monoisotopic (exact) mass is 307 g/mol. The van der Waals surface area contributed by atoms with Gasteiger partial charge < -0.3 is 9.47 Å². The van der Waals surface area contributed by atoms with E-state index in [0.29, 0.717) is 29.7 Å². The third-order valence-corrected chi connectivity index (χ3v) is 3.65. The van der Waals surface area contributed by atoms with Crippen LogP contribution in [0.25, 0.3) is 0 Å². The predicted molar refractivity (Wildman–Crippen MR) is 81.1 cm³/mol. The first-order valence-electron chi connectivity index (χ1n) is 6.58. The van der Waals surface area contributed by atoms with Crippen LogP contribution in [0.4, 0.5) is 5.13 Å². The van der Waals surface area contributed by atoms with E-state index < -0.39 is 0 Å². The van der Waals surface area contributed by atoms with Crippen molar-refractivity contribution in [1.82, 2.24) is 10.2 Å². The molecule has 0 bridgehead atoms. The van der Waals surface area contributed by atoms with Gasteiger partial charge >= 0.3 is 0 Å². The standard InChI is InChI=1S/C14H17N3O3S/c1-3-12-16-17-14(21-12)15-13(18)10-4-6-11(7-5-10)20-9-8-19-2/h4-7H,3,8-9H2,1-2H3,(H,15,17,18). The molecule has 21 heavy (non-hydrogen) atoms. The summed E-state index contributed by atoms with van der Waals surface area (Å²) in [4.78, 5) is 12.1. The number of methoxy groups -OCH3 is 1. The summed E-state index contributed by atoms with van der Waals surface area (Å²) in [5.74, 6) is 0.491. The van der Waals surface area contributed by atoms with Gasteiger partial charge in [-0.15, -0.1) is 10.2 Å². The summed E-state index contributed by atoms with van der Waals surface area (Å²) in [6.45, 7) is 3.00. The van der Waals surface area contributed by atoms with Crippen molar-refractivity contribution in [2.24, 2.45) is 0 Å². The van der Waals surface area contributed by atoms with Crippen molar-refractivity contribution in [1.29, 1.82) is 0 Å². The summed E-state index contributed by atoms with van der Waals surface area (Å²) in [6.07, 6.45) is 0.807. The highest BCUT2D eigenvalue weighted by Gasteiger charge is 2.09. The van der Waals surface area contributed by atoms with E-state index in [1.165, 1.54) is 11.3 Å². The molecule has 7 heteroatoms. The lowest BCUT2D eigenvalue weighted by molar-refractivity contribution is 0.102. The first-order chi connectivity index (χ1) is 10.2. The van der Waals surface area contributed by atoms with Crippen LogP contribution in [0, 0.1) is 0 Å². The minimum Gasteiger partial charge on any atom is -0.491 e. The number of hydrogen-bond donors (Lipinski definition) is 1. The smallest absolute Gasteiger partial charge is 0.257 e. The van der Waals surface area contributed by atoms with E-state index in [9.17, 15) is 4.79 Å². The van der Waals surface area contributed by atoms with E-state index in [1.54, 1.807) is 31.4 Å². The molecule has 112 valence electrons. The highest BCUT2D eigenvalue weighted by Crippen LogP contribution is 2.17. The van der Waals surface area contributed by atoms with Crippen LogP contribution in [0.2, 0.25) is 0 Å². The van der Waals surface area contributed by atoms with Gasteiger partial charge in [-0.1, -0.05) is 18.3 Å². The maximum Gasteiger partial charge on any atom is 0.257 e. The highest BCUT2D eigenvalue weighted by molar-refractivity contribution is 7.15. The SMILES string of the molecule is CCc1nnc(NC(=O)c2ccc(OCCOC)cc2)s1. The molecule has 0 aliphatic heterocycles. The average molecular weight is 307 g/mol. The van der Waals surface area contributed by atoms with Crippen LogP contribution in [0.1, 0.15) is 22.3 Å². The number of hydrogen-bond acceptors (Lipinski definition) is 6. The van der Waals surface area contributed by atoms with Gasteiger partial charge in [-0.2, -0.15) is 0 Å². The van der Waals surface area contributed by atoms with Gasteiger partial charge in [0.25, 0.3) is 5.91 Å². The Bertz CT molecular complexity index is 583. The number of nitrogens with zero attached hydrogens (tertiary/aromatic N) is 2. The van der Waals surface area contributed by atoms with Gasteiger partial charge in [0.15, 0.2) is 0 Å². The second-order valence-electron chi connectivity index (χ2n) is 4.17. The number of aromatic nitrogens is 2. The Morgan fingerprint density at radius 2 is 2.00 bits per heavy atom. The molecule has 0 atom stereocenters. The number of anilines is 1. The lowest BCUT2D eigenvalue weighted by Crippen LogP contribution is -2.11. The van der Waals surface area contributed by atoms with Crippen LogP contribution < -0.4 is 10.1 Å². The molecule has 0 aliphatic rings. The van der Waals surface area contributed by atoms with Crippen molar-refractivity contribution in [3.8, 4) is 5.75 Å². The molecule has 1 N–H and O–H groups in total. The summed E-state index contributed by atoms with van der Waals surface area (Å²) >= 11 is 1.38. The molecule has 0 fully saturated rings. The zero-order valence-corrected chi connectivity index (χ0v) is 12.8. The Morgan fingerprint density at radius 3 is 2.62 bits per heavy atom. The van der Waals surface area contributed by atoms with E-state index in [4.69, 9.17) is 9.47 Å². The fourth-order valence-electron chi connectivity index (χ4n) is 1.56. The van der Waals surface area contributed by atoms with Gasteiger partial charge in [0, 0.05) is 12.7 Å². The van der Waals surface area contributed by atoms with Gasteiger partial charge in [-0.05, 0) is 30.7 Å². The third-order valence-electron chi connectivity index (χ3n) is 2.66. The van der Waals surface area contributed by atoms with Crippen LogP contribution in [-0.4, -0.2) is 36.4 Å². The zero-order valence-electron chi connectivity index (χ0n) is 12.0. The molecule has 0 radical (unpaired) electrons. The van der Waals surface area contributed by atoms with Crippen molar-refractivity contribution >= 4 is 22.4 Å². The summed E-state index contributed by atoms with van der Waals surface area (Å²) in [6, 6.07) is 6.92. The molecule has 2 rings (SSSR count). The van der Waals surface area contributed by atoms with Crippen molar-refractivity contribution in [3.63, 3.8) is 0 Å². The van der Waals surface area contributed by atoms with Gasteiger partial charge in [-0.3, -0.25) is 10.1 Å². The number of rotatable bonds is 7. The molecule has 2 aromatic rings. The first kappa shape index (κ1) is 15.4. The average Bonchev–Trinajstić information content (AvgIpc) is 2.96. The molecule has 0 spiro atoms. The second-order valence-corrected chi connectivity index (χ2v) is 5.24. The molecule has 0 unspecified atom stereocenters. The Kier molecular flexibility index (Phi) is 5.65. The van der Waals surface area contributed by atoms with Gasteiger partial charge in [-0.25, -0.2) is 0 Å². The molecule has 1 aromatic heterocycles. The number of benzene rings is 1. The Labute approximate surface area is 127 Å². The molecular weight excluding hydrogens is 290 g/mol. The number of aryl methyl sites for hydroxylation is 1. The lowest BCUT2D eigenvalue weighted by atomic mass is 10.2. The Morgan fingerprint density at radius 1 is 1.24 bits per heavy atom. The molecule has 0 saturated carbocycles. The van der Waals surface area contributed by atoms with E-state index in [1.807, 2.05) is 6.92 Å². The Hall–Kier alpha value is -1.99. The molecule has 0 saturated heterocycles. The van der Waals surface area contributed by atoms with Gasteiger partial charge in [0.2, 0.25) is 5.13 Å². The fourth-order valence-corrected chi connectivity index (χ4v) is 2.24. The number of ether oxygens (including phenoxy) is 2. The summed E-state index contributed by atoms with van der Waals surface area (Å²) in [7, 11) is 1.62. The van der Waals surface area contributed by atoms with E-state index in [-0.39, 0.29) is 5.91 Å². The van der Waals surface area contributed by atoms with Crippen molar-refractivity contribution in [3.05, 3.63) is 34.8 Å². The third kappa shape index (κ3) is 4.51. The number of amides is 1. The van der Waals surface area contributed by atoms with Crippen molar-refractivity contribution in [2.75, 3.05) is 25.6 Å². The maximum atomic E-state index is 12.1. The summed E-state index contributed by atoms with van der Waals surface area (Å²) in [5, 5.41) is 12.0. The number of carbonyl (C=O) groups is 1. The molecule has 1 heterocycles. The van der Waals surface area contributed by atoms with Crippen molar-refractivity contribution in [2.45, 2.75) is 13.3 Å². The maximum absolute atomic E-state index is 12.1. The topological polar surface area (TPSA) is 73.3 Å². The molecular formula is C14H17N3O3S. The first-order valence-corrected chi connectivity index (χ1v) is 7.40. The van der Waals surface area contributed by atoms with Crippen LogP contribution in [0.5, 0.6) is 5.75 Å². The van der Waals surface area contributed by atoms with E-state index in [2.05, 4.69) is 15.5 Å². The second kappa shape index (κ2) is 7.70. The summed E-state index contributed by atoms with van der Waals surface area (Å²) in [5.41, 5.74) is 0.544. The lowest BCUT2D eigenvalue weighted by Gasteiger charge is -2.06. The predicted octanol–water partition coefficient (Wildman–Crippen LogP) is 2.38. The zero-order chi connectivity index (χ0) is 15.1. The van der Waals surface area contributed by atoms with Crippen LogP contribution in [0.3, 0.4) is 0 Å². The number of carbonyl (C=O) groups excluding carboxylic acids is 1. The van der Waals surface area contributed by atoms with Crippen LogP contribution in [0.15, 0.2) is 24.3 Å². The van der Waals surface area contributed by atoms with Crippen molar-refractivity contribution < 1.29 is 14.3 Å². The molecule has 6 nitrogen and oxygen atoms in total. The number of nitrogens with one attached hydrogen (secondary N) is 1.